The highest BCUT2D eigenvalue weighted by atomic mass is 16.5. The van der Waals surface area contributed by atoms with Crippen LogP contribution in [0.5, 0.6) is 0 Å². The maximum atomic E-state index is 9.71. The van der Waals surface area contributed by atoms with Crippen molar-refractivity contribution in [2.24, 2.45) is 0 Å². The summed E-state index contributed by atoms with van der Waals surface area (Å²) in [6, 6.07) is 1.55. The van der Waals surface area contributed by atoms with E-state index >= 15 is 0 Å². The van der Waals surface area contributed by atoms with Gasteiger partial charge in [0.15, 0.2) is 0 Å². The topological polar surface area (TPSA) is 44.7 Å². The van der Waals surface area contributed by atoms with E-state index in [0.717, 1.165) is 6.04 Å². The van der Waals surface area contributed by atoms with Gasteiger partial charge in [-0.25, -0.2) is 0 Å². The Morgan fingerprint density at radius 2 is 2.12 bits per heavy atom. The maximum absolute atomic E-state index is 9.71. The third kappa shape index (κ3) is 2.12. The van der Waals surface area contributed by atoms with Crippen molar-refractivity contribution in [3.8, 4) is 0 Å². The molecule has 3 rings (SSSR count). The van der Waals surface area contributed by atoms with Gasteiger partial charge in [0.1, 0.15) is 0 Å². The minimum absolute atomic E-state index is 0.165. The van der Waals surface area contributed by atoms with E-state index in [4.69, 9.17) is 4.74 Å². The molecule has 3 saturated heterocycles. The first-order chi connectivity index (χ1) is 7.83. The molecule has 4 unspecified atom stereocenters. The van der Waals surface area contributed by atoms with E-state index in [9.17, 15) is 5.11 Å². The predicted molar refractivity (Wildman–Crippen MR) is 61.4 cm³/mol. The number of ether oxygens (including phenoxy) is 1. The SMILES string of the molecule is OC1COCC1NC1CCN2CCCC2C1. The molecule has 4 nitrogen and oxygen atoms in total. The number of aliphatic hydroxyl groups is 1. The molecule has 0 aromatic heterocycles. The lowest BCUT2D eigenvalue weighted by atomic mass is 9.96. The van der Waals surface area contributed by atoms with Crippen molar-refractivity contribution in [1.29, 1.82) is 0 Å². The van der Waals surface area contributed by atoms with Crippen LogP contribution in [0.15, 0.2) is 0 Å². The second kappa shape index (κ2) is 4.61. The summed E-state index contributed by atoms with van der Waals surface area (Å²) in [4.78, 5) is 2.62. The van der Waals surface area contributed by atoms with Gasteiger partial charge in [0, 0.05) is 12.1 Å². The molecule has 0 aromatic rings. The van der Waals surface area contributed by atoms with Crippen molar-refractivity contribution >= 4 is 0 Å². The summed E-state index contributed by atoms with van der Waals surface area (Å²) in [5, 5.41) is 13.3. The van der Waals surface area contributed by atoms with Crippen LogP contribution in [0.3, 0.4) is 0 Å². The van der Waals surface area contributed by atoms with E-state index in [-0.39, 0.29) is 12.1 Å². The molecule has 0 spiro atoms. The Bertz CT molecular complexity index is 249. The normalized spacial score (nSPS) is 44.8. The number of rotatable bonds is 2. The van der Waals surface area contributed by atoms with Crippen LogP contribution in [0.25, 0.3) is 0 Å². The van der Waals surface area contributed by atoms with Crippen molar-refractivity contribution in [3.05, 3.63) is 0 Å². The fraction of sp³-hybridized carbons (Fsp3) is 1.00. The molecule has 3 heterocycles. The average Bonchev–Trinajstić information content (AvgIpc) is 2.88. The number of fused-ring (bicyclic) bond motifs is 1. The van der Waals surface area contributed by atoms with Crippen LogP contribution in [0.2, 0.25) is 0 Å². The monoisotopic (exact) mass is 226 g/mol. The largest absolute Gasteiger partial charge is 0.389 e. The van der Waals surface area contributed by atoms with E-state index < -0.39 is 0 Å². The third-order valence-corrected chi connectivity index (χ3v) is 4.32. The van der Waals surface area contributed by atoms with E-state index in [2.05, 4.69) is 10.2 Å². The molecule has 92 valence electrons. The van der Waals surface area contributed by atoms with Crippen molar-refractivity contribution in [2.45, 2.75) is 49.9 Å². The Hall–Kier alpha value is -0.160. The Morgan fingerprint density at radius 3 is 2.94 bits per heavy atom. The summed E-state index contributed by atoms with van der Waals surface area (Å²) in [6.45, 7) is 3.70. The molecule has 0 aromatic carbocycles. The standard InChI is InChI=1S/C12H22N2O2/c15-12-8-16-7-11(12)13-9-3-5-14-4-1-2-10(14)6-9/h9-13,15H,1-8H2. The predicted octanol–water partition coefficient (Wildman–Crippen LogP) is -0.0375. The van der Waals surface area contributed by atoms with Gasteiger partial charge in [0.05, 0.1) is 25.4 Å². The molecule has 4 atom stereocenters. The molecule has 3 aliphatic rings. The Kier molecular flexibility index (Phi) is 3.16. The number of piperidine rings is 1. The van der Waals surface area contributed by atoms with Crippen LogP contribution in [0.4, 0.5) is 0 Å². The van der Waals surface area contributed by atoms with Crippen molar-refractivity contribution in [1.82, 2.24) is 10.2 Å². The number of nitrogens with one attached hydrogen (secondary N) is 1. The van der Waals surface area contributed by atoms with Gasteiger partial charge in [0.25, 0.3) is 0 Å². The highest BCUT2D eigenvalue weighted by molar-refractivity contribution is 4.92. The Balaban J connectivity index is 1.52. The van der Waals surface area contributed by atoms with Crippen LogP contribution in [0, 0.1) is 0 Å². The summed E-state index contributed by atoms with van der Waals surface area (Å²) in [5.74, 6) is 0. The zero-order chi connectivity index (χ0) is 11.0. The van der Waals surface area contributed by atoms with Crippen molar-refractivity contribution in [3.63, 3.8) is 0 Å². The quantitative estimate of drug-likeness (QED) is 0.693. The minimum Gasteiger partial charge on any atom is -0.389 e. The highest BCUT2D eigenvalue weighted by Crippen LogP contribution is 2.27. The molecule has 2 N–H and O–H groups in total. The van der Waals surface area contributed by atoms with Crippen LogP contribution in [-0.2, 0) is 4.74 Å². The lowest BCUT2D eigenvalue weighted by Crippen LogP contribution is -2.51. The first-order valence-corrected chi connectivity index (χ1v) is 6.59. The second-order valence-electron chi connectivity index (χ2n) is 5.43. The van der Waals surface area contributed by atoms with Gasteiger partial charge < -0.3 is 20.1 Å². The number of nitrogens with zero attached hydrogens (tertiary/aromatic N) is 1. The average molecular weight is 226 g/mol. The number of hydrogen-bond acceptors (Lipinski definition) is 4. The van der Waals surface area contributed by atoms with Gasteiger partial charge in [-0.05, 0) is 38.8 Å². The van der Waals surface area contributed by atoms with Gasteiger partial charge >= 0.3 is 0 Å². The first-order valence-electron chi connectivity index (χ1n) is 6.59. The van der Waals surface area contributed by atoms with Crippen LogP contribution in [0.1, 0.15) is 25.7 Å². The van der Waals surface area contributed by atoms with Gasteiger partial charge in [0.2, 0.25) is 0 Å². The first kappa shape index (κ1) is 11.0. The van der Waals surface area contributed by atoms with E-state index in [1.807, 2.05) is 0 Å². The van der Waals surface area contributed by atoms with E-state index in [1.165, 1.54) is 38.8 Å². The van der Waals surface area contributed by atoms with Gasteiger partial charge in [-0.1, -0.05) is 0 Å². The Morgan fingerprint density at radius 1 is 1.19 bits per heavy atom. The summed E-state index contributed by atoms with van der Waals surface area (Å²) < 4.78 is 5.27. The van der Waals surface area contributed by atoms with Crippen LogP contribution in [-0.4, -0.2) is 60.5 Å². The molecule has 16 heavy (non-hydrogen) atoms. The van der Waals surface area contributed by atoms with E-state index in [1.54, 1.807) is 0 Å². The summed E-state index contributed by atoms with van der Waals surface area (Å²) >= 11 is 0. The highest BCUT2D eigenvalue weighted by Gasteiger charge is 2.34. The summed E-state index contributed by atoms with van der Waals surface area (Å²) in [5.41, 5.74) is 0. The zero-order valence-electron chi connectivity index (χ0n) is 9.77. The molecule has 3 aliphatic heterocycles. The molecule has 3 fully saturated rings. The van der Waals surface area contributed by atoms with Gasteiger partial charge in [-0.2, -0.15) is 0 Å². The molecular formula is C12H22N2O2. The third-order valence-electron chi connectivity index (χ3n) is 4.32. The molecule has 0 saturated carbocycles. The molecule has 4 heteroatoms. The molecule has 0 aliphatic carbocycles. The lowest BCUT2D eigenvalue weighted by Gasteiger charge is -2.36. The molecule has 0 amide bonds. The van der Waals surface area contributed by atoms with E-state index in [0.29, 0.717) is 19.3 Å². The smallest absolute Gasteiger partial charge is 0.0948 e. The van der Waals surface area contributed by atoms with Crippen LogP contribution < -0.4 is 5.32 Å². The second-order valence-corrected chi connectivity index (χ2v) is 5.43. The number of hydrogen-bond donors (Lipinski definition) is 2. The molecular weight excluding hydrogens is 204 g/mol. The van der Waals surface area contributed by atoms with Crippen LogP contribution >= 0.6 is 0 Å². The van der Waals surface area contributed by atoms with Crippen molar-refractivity contribution in [2.75, 3.05) is 26.3 Å². The molecule has 0 radical (unpaired) electrons. The maximum Gasteiger partial charge on any atom is 0.0948 e. The fourth-order valence-electron chi connectivity index (χ4n) is 3.38. The Labute approximate surface area is 97.0 Å². The zero-order valence-corrected chi connectivity index (χ0v) is 9.77. The lowest BCUT2D eigenvalue weighted by molar-refractivity contribution is 0.114. The molecule has 0 bridgehead atoms. The summed E-state index contributed by atoms with van der Waals surface area (Å²) in [6.07, 6.45) is 4.90. The fourth-order valence-corrected chi connectivity index (χ4v) is 3.38. The van der Waals surface area contributed by atoms with Gasteiger partial charge in [-0.3, -0.25) is 0 Å². The van der Waals surface area contributed by atoms with Gasteiger partial charge in [-0.15, -0.1) is 0 Å². The summed E-state index contributed by atoms with van der Waals surface area (Å²) in [7, 11) is 0. The van der Waals surface area contributed by atoms with Crippen molar-refractivity contribution < 1.29 is 9.84 Å². The minimum atomic E-state index is -0.304. The number of aliphatic hydroxyl groups excluding tert-OH is 1.